The van der Waals surface area contributed by atoms with Crippen LogP contribution >= 0.6 is 23.2 Å². The average molecular weight is 344 g/mol. The Kier molecular flexibility index (Phi) is 4.81. The predicted octanol–water partition coefficient (Wildman–Crippen LogP) is 4.92. The monoisotopic (exact) mass is 343 g/mol. The number of halogens is 2. The highest BCUT2D eigenvalue weighted by Crippen LogP contribution is 2.28. The van der Waals surface area contributed by atoms with Gasteiger partial charge < -0.3 is 0 Å². The van der Waals surface area contributed by atoms with Gasteiger partial charge in [0, 0.05) is 5.02 Å². The number of benzene rings is 2. The molecule has 21 heavy (non-hydrogen) atoms. The van der Waals surface area contributed by atoms with Gasteiger partial charge in [0.1, 0.15) is 0 Å². The third-order valence-electron chi connectivity index (χ3n) is 3.03. The van der Waals surface area contributed by atoms with Crippen molar-refractivity contribution in [2.24, 2.45) is 0 Å². The summed E-state index contributed by atoms with van der Waals surface area (Å²) in [6.45, 7) is 4.10. The molecule has 0 aliphatic heterocycles. The Balaban J connectivity index is 2.29. The highest BCUT2D eigenvalue weighted by atomic mass is 35.5. The van der Waals surface area contributed by atoms with Crippen LogP contribution in [0.4, 0.5) is 5.69 Å². The van der Waals surface area contributed by atoms with Crippen molar-refractivity contribution >= 4 is 38.9 Å². The van der Waals surface area contributed by atoms with Crippen LogP contribution in [0.5, 0.6) is 0 Å². The lowest BCUT2D eigenvalue weighted by atomic mass is 10.0. The van der Waals surface area contributed by atoms with Crippen molar-refractivity contribution in [3.63, 3.8) is 0 Å². The molecule has 0 aromatic heterocycles. The fraction of sp³-hybridized carbons (Fsp3) is 0.200. The minimum atomic E-state index is -3.67. The van der Waals surface area contributed by atoms with Gasteiger partial charge >= 0.3 is 0 Å². The topological polar surface area (TPSA) is 46.2 Å². The van der Waals surface area contributed by atoms with Crippen LogP contribution in [0.1, 0.15) is 25.3 Å². The Labute approximate surface area is 135 Å². The van der Waals surface area contributed by atoms with Crippen molar-refractivity contribution in [3.05, 3.63) is 58.1 Å². The summed E-state index contributed by atoms with van der Waals surface area (Å²) in [6.07, 6.45) is 0. The number of sulfonamides is 1. The molecular weight excluding hydrogens is 329 g/mol. The van der Waals surface area contributed by atoms with Crippen LogP contribution < -0.4 is 4.72 Å². The van der Waals surface area contributed by atoms with Crippen LogP contribution in [0.25, 0.3) is 0 Å². The minimum absolute atomic E-state index is 0.193. The van der Waals surface area contributed by atoms with Crippen molar-refractivity contribution in [3.8, 4) is 0 Å². The standard InChI is InChI=1S/C15H15Cl2NO2S/c1-10(2)11-3-6-13(7-4-11)21(19,20)18-15-8-5-12(16)9-14(15)17/h3-10,18H,1-2H3. The van der Waals surface area contributed by atoms with Gasteiger partial charge in [0.2, 0.25) is 0 Å². The third-order valence-corrected chi connectivity index (χ3v) is 4.96. The summed E-state index contributed by atoms with van der Waals surface area (Å²) in [5.74, 6) is 0.348. The Hall–Kier alpha value is -1.23. The minimum Gasteiger partial charge on any atom is -0.278 e. The van der Waals surface area contributed by atoms with E-state index in [-0.39, 0.29) is 9.92 Å². The lowest BCUT2D eigenvalue weighted by molar-refractivity contribution is 0.601. The molecule has 2 rings (SSSR count). The van der Waals surface area contributed by atoms with Crippen molar-refractivity contribution in [1.82, 2.24) is 0 Å². The first-order valence-electron chi connectivity index (χ1n) is 6.37. The van der Waals surface area contributed by atoms with Crippen LogP contribution in [0.15, 0.2) is 47.4 Å². The highest BCUT2D eigenvalue weighted by Gasteiger charge is 2.16. The Morgan fingerprint density at radius 1 is 1.00 bits per heavy atom. The fourth-order valence-electron chi connectivity index (χ4n) is 1.81. The molecule has 0 amide bonds. The second kappa shape index (κ2) is 6.26. The van der Waals surface area contributed by atoms with E-state index in [4.69, 9.17) is 23.2 Å². The summed E-state index contributed by atoms with van der Waals surface area (Å²) in [4.78, 5) is 0.193. The zero-order valence-electron chi connectivity index (χ0n) is 11.6. The van der Waals surface area contributed by atoms with Gasteiger partial charge in [-0.25, -0.2) is 8.42 Å². The van der Waals surface area contributed by atoms with Gasteiger partial charge in [0.15, 0.2) is 0 Å². The quantitative estimate of drug-likeness (QED) is 0.856. The van der Waals surface area contributed by atoms with Crippen molar-refractivity contribution in [1.29, 1.82) is 0 Å². The number of hydrogen-bond acceptors (Lipinski definition) is 2. The van der Waals surface area contributed by atoms with Crippen LogP contribution in [0.2, 0.25) is 10.0 Å². The molecule has 1 N–H and O–H groups in total. The normalized spacial score (nSPS) is 11.7. The summed E-state index contributed by atoms with van der Waals surface area (Å²) < 4.78 is 27.1. The van der Waals surface area contributed by atoms with E-state index in [1.54, 1.807) is 18.2 Å². The zero-order chi connectivity index (χ0) is 15.6. The molecule has 0 saturated carbocycles. The van der Waals surface area contributed by atoms with Crippen LogP contribution in [-0.4, -0.2) is 8.42 Å². The van der Waals surface area contributed by atoms with Crippen molar-refractivity contribution in [2.75, 3.05) is 4.72 Å². The summed E-state index contributed by atoms with van der Waals surface area (Å²) in [6, 6.07) is 11.4. The summed E-state index contributed by atoms with van der Waals surface area (Å²) in [7, 11) is -3.67. The van der Waals surface area contributed by atoms with Crippen molar-refractivity contribution in [2.45, 2.75) is 24.7 Å². The summed E-state index contributed by atoms with van der Waals surface area (Å²) in [5, 5.41) is 0.703. The van der Waals surface area contributed by atoms with Gasteiger partial charge in [0.05, 0.1) is 15.6 Å². The molecule has 6 heteroatoms. The maximum Gasteiger partial charge on any atom is 0.261 e. The van der Waals surface area contributed by atoms with E-state index >= 15 is 0 Å². The highest BCUT2D eigenvalue weighted by molar-refractivity contribution is 7.92. The van der Waals surface area contributed by atoms with E-state index in [1.165, 1.54) is 12.1 Å². The SMILES string of the molecule is CC(C)c1ccc(S(=O)(=O)Nc2ccc(Cl)cc2Cl)cc1. The molecule has 2 aromatic carbocycles. The van der Waals surface area contributed by atoms with Crippen molar-refractivity contribution < 1.29 is 8.42 Å². The molecule has 0 aliphatic carbocycles. The molecule has 112 valence electrons. The number of anilines is 1. The van der Waals surface area contributed by atoms with Gasteiger partial charge in [-0.1, -0.05) is 49.2 Å². The molecule has 0 radical (unpaired) electrons. The molecule has 0 aliphatic rings. The van der Waals surface area contributed by atoms with E-state index in [9.17, 15) is 8.42 Å². The lowest BCUT2D eigenvalue weighted by Crippen LogP contribution is -2.13. The molecule has 2 aromatic rings. The first-order valence-corrected chi connectivity index (χ1v) is 8.61. The number of nitrogens with one attached hydrogen (secondary N) is 1. The van der Waals surface area contributed by atoms with E-state index in [0.29, 0.717) is 16.6 Å². The molecule has 0 unspecified atom stereocenters. The van der Waals surface area contributed by atoms with E-state index in [2.05, 4.69) is 18.6 Å². The van der Waals surface area contributed by atoms with Gasteiger partial charge in [0.25, 0.3) is 10.0 Å². The maximum atomic E-state index is 12.3. The van der Waals surface area contributed by atoms with Gasteiger partial charge in [-0.3, -0.25) is 4.72 Å². The van der Waals surface area contributed by atoms with E-state index < -0.39 is 10.0 Å². The Morgan fingerprint density at radius 2 is 1.62 bits per heavy atom. The fourth-order valence-corrected chi connectivity index (χ4v) is 3.40. The summed E-state index contributed by atoms with van der Waals surface area (Å²) >= 11 is 11.8. The third kappa shape index (κ3) is 3.90. The van der Waals surface area contributed by atoms with Gasteiger partial charge in [-0.05, 0) is 41.8 Å². The van der Waals surface area contributed by atoms with Gasteiger partial charge in [-0.15, -0.1) is 0 Å². The van der Waals surface area contributed by atoms with E-state index in [0.717, 1.165) is 5.56 Å². The first kappa shape index (κ1) is 16.1. The average Bonchev–Trinajstić information content (AvgIpc) is 2.42. The molecule has 3 nitrogen and oxygen atoms in total. The molecule has 0 heterocycles. The zero-order valence-corrected chi connectivity index (χ0v) is 13.9. The summed E-state index contributed by atoms with van der Waals surface area (Å²) in [5.41, 5.74) is 1.38. The van der Waals surface area contributed by atoms with Crippen LogP contribution in [0.3, 0.4) is 0 Å². The largest absolute Gasteiger partial charge is 0.278 e. The second-order valence-electron chi connectivity index (χ2n) is 4.95. The Bertz CT molecular complexity index is 741. The predicted molar refractivity (Wildman–Crippen MR) is 87.8 cm³/mol. The van der Waals surface area contributed by atoms with Gasteiger partial charge in [-0.2, -0.15) is 0 Å². The van der Waals surface area contributed by atoms with Crippen LogP contribution in [-0.2, 0) is 10.0 Å². The molecule has 0 saturated heterocycles. The number of hydrogen-bond donors (Lipinski definition) is 1. The maximum absolute atomic E-state index is 12.3. The lowest BCUT2D eigenvalue weighted by Gasteiger charge is -2.11. The molecular formula is C15H15Cl2NO2S. The number of rotatable bonds is 4. The van der Waals surface area contributed by atoms with Crippen LogP contribution in [0, 0.1) is 0 Å². The Morgan fingerprint density at radius 3 is 2.14 bits per heavy atom. The molecule has 0 bridgehead atoms. The molecule has 0 fully saturated rings. The smallest absolute Gasteiger partial charge is 0.261 e. The second-order valence-corrected chi connectivity index (χ2v) is 7.48. The first-order chi connectivity index (χ1) is 9.79. The van der Waals surface area contributed by atoms with E-state index in [1.807, 2.05) is 12.1 Å². The molecule has 0 atom stereocenters. The molecule has 0 spiro atoms.